The molecule has 0 spiro atoms. The Morgan fingerprint density at radius 3 is 1.46 bits per heavy atom. The van der Waals surface area contributed by atoms with E-state index in [2.05, 4.69) is 33.6 Å². The molecule has 8 nitrogen and oxygen atoms in total. The van der Waals surface area contributed by atoms with Crippen LogP contribution in [-0.2, 0) is 12.8 Å². The van der Waals surface area contributed by atoms with E-state index in [1.165, 1.54) is 11.8 Å². The lowest BCUT2D eigenvalue weighted by Crippen LogP contribution is -2.57. The smallest absolute Gasteiger partial charge is 0.194 e. The van der Waals surface area contributed by atoms with Gasteiger partial charge in [-0.15, -0.1) is 23.5 Å². The summed E-state index contributed by atoms with van der Waals surface area (Å²) in [6.07, 6.45) is 8.24. The molecule has 386 valence electrons. The van der Waals surface area contributed by atoms with E-state index in [1.54, 1.807) is 14.2 Å². The quantitative estimate of drug-likeness (QED) is 0.0413. The molecule has 2 fully saturated rings. The number of methoxy groups -OCH3 is 2. The van der Waals surface area contributed by atoms with Gasteiger partial charge in [0.2, 0.25) is 0 Å². The Morgan fingerprint density at radius 1 is 0.597 bits per heavy atom. The molecule has 2 aliphatic rings. The minimum atomic E-state index is -1.49. The summed E-state index contributed by atoms with van der Waals surface area (Å²) >= 11 is 2.27. The molecule has 0 saturated carbocycles. The molecule has 2 saturated heterocycles. The van der Waals surface area contributed by atoms with Gasteiger partial charge < -0.3 is 29.5 Å². The second-order valence-corrected chi connectivity index (χ2v) is 22.0. The van der Waals surface area contributed by atoms with E-state index in [-0.39, 0.29) is 4.90 Å². The molecular weight excluding hydrogens is 971 g/mol. The summed E-state index contributed by atoms with van der Waals surface area (Å²) in [5.41, 5.74) is 4.86. The molecule has 0 radical (unpaired) electrons. The topological polar surface area (TPSA) is 91.2 Å². The van der Waals surface area contributed by atoms with Gasteiger partial charge in [0, 0.05) is 75.6 Å². The minimum absolute atomic E-state index is 0.210. The van der Waals surface area contributed by atoms with Crippen LogP contribution in [0.4, 0.5) is 26.3 Å². The predicted molar refractivity (Wildman–Crippen MR) is 274 cm³/mol. The van der Waals surface area contributed by atoms with Crippen LogP contribution in [0.1, 0.15) is 73.6 Å². The van der Waals surface area contributed by atoms with E-state index >= 15 is 0 Å². The zero-order valence-corrected chi connectivity index (χ0v) is 43.0. The average Bonchev–Trinajstić information content (AvgIpc) is 3.37. The van der Waals surface area contributed by atoms with Gasteiger partial charge in [0.05, 0.1) is 42.4 Å². The molecule has 8 rings (SSSR count). The number of aliphatic hydroxyl groups is 2. The van der Waals surface area contributed by atoms with Crippen molar-refractivity contribution in [3.05, 3.63) is 130 Å². The Hall–Kier alpha value is -4.58. The van der Waals surface area contributed by atoms with Crippen molar-refractivity contribution in [1.29, 1.82) is 0 Å². The molecule has 4 aromatic carbocycles. The highest BCUT2D eigenvalue weighted by Crippen LogP contribution is 2.49. The maximum absolute atomic E-state index is 14.5. The number of piperidine rings is 2. The van der Waals surface area contributed by atoms with Crippen molar-refractivity contribution in [3.63, 3.8) is 0 Å². The molecule has 4 heterocycles. The van der Waals surface area contributed by atoms with Crippen LogP contribution in [0, 0.1) is 59.6 Å². The molecule has 0 bridgehead atoms. The van der Waals surface area contributed by atoms with Crippen LogP contribution in [0.2, 0.25) is 0 Å². The third-order valence-electron chi connectivity index (χ3n) is 15.5. The van der Waals surface area contributed by atoms with Crippen LogP contribution in [0.15, 0.2) is 82.8 Å². The van der Waals surface area contributed by atoms with Crippen molar-refractivity contribution in [2.45, 2.75) is 100 Å². The lowest BCUT2D eigenvalue weighted by Gasteiger charge is -2.52. The number of rotatable bonds is 21. The Bertz CT molecular complexity index is 2800. The number of thioether (sulfide) groups is 2. The highest BCUT2D eigenvalue weighted by molar-refractivity contribution is 7.99. The van der Waals surface area contributed by atoms with Gasteiger partial charge in [-0.1, -0.05) is 0 Å². The molecule has 2 atom stereocenters. The number of pyridine rings is 2. The van der Waals surface area contributed by atoms with Crippen molar-refractivity contribution >= 4 is 45.3 Å². The highest BCUT2D eigenvalue weighted by atomic mass is 32.2. The molecule has 2 aromatic heterocycles. The Balaban J connectivity index is 1.03. The van der Waals surface area contributed by atoms with Gasteiger partial charge >= 0.3 is 0 Å². The number of nitrogens with zero attached hydrogens (tertiary/aromatic N) is 4. The van der Waals surface area contributed by atoms with Gasteiger partial charge in [-0.25, -0.2) is 26.3 Å². The van der Waals surface area contributed by atoms with E-state index in [0.29, 0.717) is 106 Å². The zero-order chi connectivity index (χ0) is 51.2. The number of aliphatic hydroxyl groups excluding tert-OH is 2. The van der Waals surface area contributed by atoms with Crippen molar-refractivity contribution in [3.8, 4) is 11.5 Å². The number of aryl methyl sites for hydroxylation is 4. The summed E-state index contributed by atoms with van der Waals surface area (Å²) in [7, 11) is 3.28. The summed E-state index contributed by atoms with van der Waals surface area (Å²) < 4.78 is 95.6. The van der Waals surface area contributed by atoms with Crippen LogP contribution in [-0.4, -0.2) is 107 Å². The Labute approximate surface area is 426 Å². The van der Waals surface area contributed by atoms with Crippen LogP contribution >= 0.6 is 23.5 Å². The fourth-order valence-electron chi connectivity index (χ4n) is 11.2. The zero-order valence-electron chi connectivity index (χ0n) is 41.4. The first-order valence-electron chi connectivity index (χ1n) is 24.8. The summed E-state index contributed by atoms with van der Waals surface area (Å²) in [5, 5.41) is 28.1. The number of likely N-dealkylation sites (tertiary alicyclic amines) is 2. The van der Waals surface area contributed by atoms with Crippen LogP contribution in [0.3, 0.4) is 0 Å². The standard InChI is InChI=1S/C56H64F6N4O4S2/c1-35-33-63-49-11-9-38(69-3)29-43(49)41(35)7-5-13-55(15-19-65(20-16-55)23-25-71-40-31-45(58)51(62)46(59)32-40)53(67)54(68)56(14-6-8-42-36(2)34-64-50-12-10-39(70-4)30-44(42)50)17-21-66(22-18-56)24-26-72-52-47(60)27-37(57)28-48(52)61/h9-12,27-34,53-54,67-68H,5-8,13-26H2,1-4H3. The second-order valence-electron chi connectivity index (χ2n) is 19.7. The number of halogens is 6. The number of hydrogen-bond donors (Lipinski definition) is 2. The number of benzene rings is 4. The highest BCUT2D eigenvalue weighted by Gasteiger charge is 2.51. The van der Waals surface area contributed by atoms with Gasteiger partial charge in [0.1, 0.15) is 29.0 Å². The summed E-state index contributed by atoms with van der Waals surface area (Å²) in [6.45, 7) is 7.72. The largest absolute Gasteiger partial charge is 0.497 e. The normalized spacial score (nSPS) is 17.1. The number of hydrogen-bond acceptors (Lipinski definition) is 10. The van der Waals surface area contributed by atoms with E-state index in [0.717, 1.165) is 105 Å². The lowest BCUT2D eigenvalue weighted by molar-refractivity contribution is -0.153. The van der Waals surface area contributed by atoms with E-state index < -0.39 is 57.9 Å². The maximum Gasteiger partial charge on any atom is 0.194 e. The second kappa shape index (κ2) is 23.7. The van der Waals surface area contributed by atoms with Crippen molar-refractivity contribution in [2.75, 3.05) is 65.0 Å². The summed E-state index contributed by atoms with van der Waals surface area (Å²) in [6, 6.07) is 15.2. The van der Waals surface area contributed by atoms with Crippen LogP contribution < -0.4 is 9.47 Å². The third-order valence-corrected chi connectivity index (χ3v) is 17.5. The van der Waals surface area contributed by atoms with Crippen LogP contribution in [0.5, 0.6) is 11.5 Å². The van der Waals surface area contributed by atoms with E-state index in [9.17, 15) is 36.6 Å². The fourth-order valence-corrected chi connectivity index (χ4v) is 13.1. The summed E-state index contributed by atoms with van der Waals surface area (Å²) in [4.78, 5) is 14.0. The van der Waals surface area contributed by atoms with Gasteiger partial charge in [0.25, 0.3) is 0 Å². The first-order valence-corrected chi connectivity index (χ1v) is 26.8. The predicted octanol–water partition coefficient (Wildman–Crippen LogP) is 12.1. The van der Waals surface area contributed by atoms with Gasteiger partial charge in [-0.3, -0.25) is 9.97 Å². The monoisotopic (exact) mass is 1030 g/mol. The first kappa shape index (κ1) is 53.7. The Kier molecular flexibility index (Phi) is 17.7. The molecule has 0 aliphatic carbocycles. The van der Waals surface area contributed by atoms with Gasteiger partial charge in [0.15, 0.2) is 17.5 Å². The molecule has 6 aromatic rings. The first-order chi connectivity index (χ1) is 34.6. The maximum atomic E-state index is 14.5. The Morgan fingerprint density at radius 2 is 1.03 bits per heavy atom. The average molecular weight is 1040 g/mol. The van der Waals surface area contributed by atoms with E-state index in [1.807, 2.05) is 48.8 Å². The molecule has 0 amide bonds. The molecule has 2 unspecified atom stereocenters. The van der Waals surface area contributed by atoms with Crippen molar-refractivity contribution in [1.82, 2.24) is 19.8 Å². The molecule has 72 heavy (non-hydrogen) atoms. The fraction of sp³-hybridized carbons (Fsp3) is 0.464. The third kappa shape index (κ3) is 12.2. The number of fused-ring (bicyclic) bond motifs is 2. The van der Waals surface area contributed by atoms with E-state index in [4.69, 9.17) is 9.47 Å². The number of aromatic nitrogens is 2. The molecular formula is C56H64F6N4O4S2. The van der Waals surface area contributed by atoms with Crippen molar-refractivity contribution in [2.24, 2.45) is 10.8 Å². The molecule has 2 aliphatic heterocycles. The van der Waals surface area contributed by atoms with Crippen LogP contribution in [0.25, 0.3) is 21.8 Å². The molecule has 2 N–H and O–H groups in total. The summed E-state index contributed by atoms with van der Waals surface area (Å²) in [5.74, 6) is -4.37. The van der Waals surface area contributed by atoms with Crippen molar-refractivity contribution < 1.29 is 46.0 Å². The minimum Gasteiger partial charge on any atom is -0.497 e. The van der Waals surface area contributed by atoms with Gasteiger partial charge in [-0.2, -0.15) is 0 Å². The molecule has 16 heteroatoms. The van der Waals surface area contributed by atoms with Gasteiger partial charge in [-0.05, 0) is 175 Å². The number of ether oxygens (including phenoxy) is 2. The SMILES string of the molecule is COc1ccc2ncc(C)c(CCCC3(C(O)C(O)C4(CCCc5c(C)cnc6ccc(OC)cc56)CCN(CCSc5c(F)cc(F)cc5F)CC4)CCN(CCSc4cc(F)c(F)c(F)c4)CC3)c2c1. The lowest BCUT2D eigenvalue weighted by atomic mass is 9.61.